The largest absolute Gasteiger partial charge is 0.497 e. The molecule has 2 aromatic rings. The summed E-state index contributed by atoms with van der Waals surface area (Å²) in [6.45, 7) is 1.95. The highest BCUT2D eigenvalue weighted by atomic mass is 16.5. The summed E-state index contributed by atoms with van der Waals surface area (Å²) in [6, 6.07) is 15.0. The van der Waals surface area contributed by atoms with Crippen molar-refractivity contribution in [2.45, 2.75) is 13.0 Å². The molecule has 0 saturated carbocycles. The molecule has 19 heavy (non-hydrogen) atoms. The van der Waals surface area contributed by atoms with E-state index < -0.39 is 0 Å². The minimum Gasteiger partial charge on any atom is -0.497 e. The molecule has 0 N–H and O–H groups in total. The van der Waals surface area contributed by atoms with Crippen molar-refractivity contribution in [3.05, 3.63) is 59.7 Å². The van der Waals surface area contributed by atoms with Crippen LogP contribution in [0.4, 0.5) is 0 Å². The Hall–Kier alpha value is -2.29. The number of hydrogen-bond acceptors (Lipinski definition) is 3. The fourth-order valence-electron chi connectivity index (χ4n) is 1.82. The lowest BCUT2D eigenvalue weighted by Gasteiger charge is -2.17. The quantitative estimate of drug-likeness (QED) is 0.766. The van der Waals surface area contributed by atoms with Gasteiger partial charge in [0.1, 0.15) is 17.6 Å². The molecule has 3 heteroatoms. The first-order chi connectivity index (χ1) is 9.24. The number of carbonyl (C=O) groups is 1. The number of hydrogen-bond donors (Lipinski definition) is 0. The van der Waals surface area contributed by atoms with Crippen molar-refractivity contribution in [1.82, 2.24) is 0 Å². The molecule has 1 unspecified atom stereocenters. The summed E-state index contributed by atoms with van der Waals surface area (Å²) in [5.41, 5.74) is 1.57. The maximum Gasteiger partial charge on any atom is 0.153 e. The highest BCUT2D eigenvalue weighted by Gasteiger charge is 2.11. The second-order valence-electron chi connectivity index (χ2n) is 4.19. The van der Waals surface area contributed by atoms with Crippen molar-refractivity contribution >= 4 is 6.29 Å². The summed E-state index contributed by atoms with van der Waals surface area (Å²) in [6.07, 6.45) is 0.652. The van der Waals surface area contributed by atoms with Gasteiger partial charge >= 0.3 is 0 Å². The van der Waals surface area contributed by atoms with Gasteiger partial charge in [-0.2, -0.15) is 0 Å². The standard InChI is InChI=1S/C16H16O3/c1-12(13-6-4-3-5-7-13)19-16-10-15(18-2)9-8-14(16)11-17/h3-12H,1-2H3. The Morgan fingerprint density at radius 1 is 1.11 bits per heavy atom. The molecule has 0 radical (unpaired) electrons. The Morgan fingerprint density at radius 2 is 1.84 bits per heavy atom. The third-order valence-electron chi connectivity index (χ3n) is 2.92. The third-order valence-corrected chi connectivity index (χ3v) is 2.92. The summed E-state index contributed by atoms with van der Waals surface area (Å²) in [5, 5.41) is 0. The fraction of sp³-hybridized carbons (Fsp3) is 0.188. The molecular formula is C16H16O3. The van der Waals surface area contributed by atoms with E-state index in [0.717, 1.165) is 11.8 Å². The number of carbonyl (C=O) groups excluding carboxylic acids is 1. The van der Waals surface area contributed by atoms with Crippen LogP contribution in [-0.4, -0.2) is 13.4 Å². The van der Waals surface area contributed by atoms with Gasteiger partial charge in [-0.15, -0.1) is 0 Å². The van der Waals surface area contributed by atoms with E-state index in [1.165, 1.54) is 0 Å². The average molecular weight is 256 g/mol. The Morgan fingerprint density at radius 3 is 2.47 bits per heavy atom. The topological polar surface area (TPSA) is 35.5 Å². The minimum absolute atomic E-state index is 0.132. The van der Waals surface area contributed by atoms with Gasteiger partial charge in [0.15, 0.2) is 6.29 Å². The van der Waals surface area contributed by atoms with Crippen LogP contribution < -0.4 is 9.47 Å². The van der Waals surface area contributed by atoms with Crippen LogP contribution in [0.3, 0.4) is 0 Å². The SMILES string of the molecule is COc1ccc(C=O)c(OC(C)c2ccccc2)c1. The molecule has 2 rings (SSSR count). The zero-order valence-electron chi connectivity index (χ0n) is 11.0. The lowest BCUT2D eigenvalue weighted by Crippen LogP contribution is -2.04. The molecule has 0 heterocycles. The van der Waals surface area contributed by atoms with Gasteiger partial charge in [0, 0.05) is 6.07 Å². The molecule has 0 bridgehead atoms. The molecule has 0 saturated heterocycles. The van der Waals surface area contributed by atoms with Crippen molar-refractivity contribution < 1.29 is 14.3 Å². The van der Waals surface area contributed by atoms with Crippen molar-refractivity contribution in [2.75, 3.05) is 7.11 Å². The minimum atomic E-state index is -0.132. The van der Waals surface area contributed by atoms with Crippen molar-refractivity contribution in [1.29, 1.82) is 0 Å². The zero-order chi connectivity index (χ0) is 13.7. The van der Waals surface area contributed by atoms with E-state index in [2.05, 4.69) is 0 Å². The molecular weight excluding hydrogens is 240 g/mol. The van der Waals surface area contributed by atoms with Crippen LogP contribution in [0, 0.1) is 0 Å². The lowest BCUT2D eigenvalue weighted by atomic mass is 10.1. The monoisotopic (exact) mass is 256 g/mol. The van der Waals surface area contributed by atoms with Gasteiger partial charge in [-0.25, -0.2) is 0 Å². The summed E-state index contributed by atoms with van der Waals surface area (Å²) in [5.74, 6) is 1.20. The zero-order valence-corrected chi connectivity index (χ0v) is 11.0. The molecule has 98 valence electrons. The summed E-state index contributed by atoms with van der Waals surface area (Å²) in [4.78, 5) is 11.0. The van der Waals surface area contributed by atoms with Gasteiger partial charge in [0.25, 0.3) is 0 Å². The highest BCUT2D eigenvalue weighted by molar-refractivity contribution is 5.79. The van der Waals surface area contributed by atoms with Gasteiger partial charge in [0.05, 0.1) is 12.7 Å². The molecule has 2 aromatic carbocycles. The van der Waals surface area contributed by atoms with Gasteiger partial charge in [-0.3, -0.25) is 4.79 Å². The molecule has 1 atom stereocenters. The molecule has 0 spiro atoms. The Bertz CT molecular complexity index is 549. The smallest absolute Gasteiger partial charge is 0.153 e. The predicted octanol–water partition coefficient (Wildman–Crippen LogP) is 3.65. The lowest BCUT2D eigenvalue weighted by molar-refractivity contribution is 0.111. The Labute approximate surface area is 112 Å². The van der Waals surface area contributed by atoms with E-state index in [4.69, 9.17) is 9.47 Å². The molecule has 0 aromatic heterocycles. The first-order valence-electron chi connectivity index (χ1n) is 6.09. The Balaban J connectivity index is 2.24. The average Bonchev–Trinajstić information content (AvgIpc) is 2.48. The van der Waals surface area contributed by atoms with Crippen molar-refractivity contribution in [3.63, 3.8) is 0 Å². The van der Waals surface area contributed by atoms with Crippen LogP contribution in [-0.2, 0) is 0 Å². The van der Waals surface area contributed by atoms with Gasteiger partial charge in [-0.1, -0.05) is 30.3 Å². The van der Waals surface area contributed by atoms with Crippen molar-refractivity contribution in [3.8, 4) is 11.5 Å². The maximum atomic E-state index is 11.0. The van der Waals surface area contributed by atoms with Crippen LogP contribution in [0.5, 0.6) is 11.5 Å². The first-order valence-corrected chi connectivity index (χ1v) is 6.09. The van der Waals surface area contributed by atoms with Crippen molar-refractivity contribution in [2.24, 2.45) is 0 Å². The number of rotatable bonds is 5. The third kappa shape index (κ3) is 3.13. The van der Waals surface area contributed by atoms with E-state index in [-0.39, 0.29) is 6.10 Å². The van der Waals surface area contributed by atoms with Crippen LogP contribution >= 0.6 is 0 Å². The molecule has 3 nitrogen and oxygen atoms in total. The van der Waals surface area contributed by atoms with E-state index in [1.54, 1.807) is 25.3 Å². The van der Waals surface area contributed by atoms with Crippen LogP contribution in [0.25, 0.3) is 0 Å². The predicted molar refractivity (Wildman–Crippen MR) is 73.9 cm³/mol. The number of aldehydes is 1. The van der Waals surface area contributed by atoms with Crippen LogP contribution in [0.15, 0.2) is 48.5 Å². The van der Waals surface area contributed by atoms with Gasteiger partial charge in [-0.05, 0) is 24.6 Å². The summed E-state index contributed by atoms with van der Waals surface area (Å²) < 4.78 is 11.0. The van der Waals surface area contributed by atoms with E-state index in [9.17, 15) is 4.79 Å². The van der Waals surface area contributed by atoms with Crippen LogP contribution in [0.1, 0.15) is 28.9 Å². The molecule has 0 amide bonds. The Kier molecular flexibility index (Phi) is 4.18. The second-order valence-corrected chi connectivity index (χ2v) is 4.19. The maximum absolute atomic E-state index is 11.0. The number of benzene rings is 2. The number of methoxy groups -OCH3 is 1. The second kappa shape index (κ2) is 6.05. The van der Waals surface area contributed by atoms with Crippen LogP contribution in [0.2, 0.25) is 0 Å². The molecule has 0 aliphatic carbocycles. The number of ether oxygens (including phenoxy) is 2. The van der Waals surface area contributed by atoms with E-state index in [1.807, 2.05) is 37.3 Å². The summed E-state index contributed by atoms with van der Waals surface area (Å²) >= 11 is 0. The molecule has 0 aliphatic heterocycles. The highest BCUT2D eigenvalue weighted by Crippen LogP contribution is 2.28. The first kappa shape index (κ1) is 13.1. The molecule has 0 aliphatic rings. The summed E-state index contributed by atoms with van der Waals surface area (Å²) in [7, 11) is 1.58. The van der Waals surface area contributed by atoms with Gasteiger partial charge in [0.2, 0.25) is 0 Å². The van der Waals surface area contributed by atoms with E-state index in [0.29, 0.717) is 17.1 Å². The fourth-order valence-corrected chi connectivity index (χ4v) is 1.82. The van der Waals surface area contributed by atoms with E-state index >= 15 is 0 Å². The van der Waals surface area contributed by atoms with Gasteiger partial charge < -0.3 is 9.47 Å². The normalized spacial score (nSPS) is 11.7. The molecule has 0 fully saturated rings.